The smallest absolute Gasteiger partial charge is 0.243 e. The summed E-state index contributed by atoms with van der Waals surface area (Å²) < 4.78 is 26.4. The monoisotopic (exact) mass is 651 g/mol. The minimum absolute atomic E-state index is 0.000302. The van der Waals surface area contributed by atoms with E-state index in [1.165, 1.54) is 9.21 Å². The first-order valence-electron chi connectivity index (χ1n) is 13.7. The minimum Gasteiger partial charge on any atom is -0.352 e. The van der Waals surface area contributed by atoms with Gasteiger partial charge in [-0.15, -0.1) is 0 Å². The molecule has 2 amide bonds. The number of carbonyl (C=O) groups excluding carboxylic acids is 2. The van der Waals surface area contributed by atoms with Crippen LogP contribution in [-0.2, 0) is 32.6 Å². The summed E-state index contributed by atoms with van der Waals surface area (Å²) in [5.74, 6) is -0.580. The summed E-state index contributed by atoms with van der Waals surface area (Å²) in [6, 6.07) is 20.1. The number of benzene rings is 3. The van der Waals surface area contributed by atoms with Crippen molar-refractivity contribution in [3.05, 3.63) is 99.0 Å². The van der Waals surface area contributed by atoms with E-state index in [0.717, 1.165) is 18.2 Å². The van der Waals surface area contributed by atoms with Gasteiger partial charge >= 0.3 is 0 Å². The van der Waals surface area contributed by atoms with Gasteiger partial charge in [-0.2, -0.15) is 0 Å². The third-order valence-electron chi connectivity index (χ3n) is 6.88. The van der Waals surface area contributed by atoms with Gasteiger partial charge in [-0.25, -0.2) is 8.42 Å². The Hall–Kier alpha value is -2.78. The number of anilines is 1. The number of halogens is 3. The molecule has 0 aliphatic rings. The maximum atomic E-state index is 13.9. The molecule has 0 aliphatic carbocycles. The first-order valence-corrected chi connectivity index (χ1v) is 16.7. The summed E-state index contributed by atoms with van der Waals surface area (Å²) in [5, 5.41) is 4.27. The van der Waals surface area contributed by atoms with Crippen molar-refractivity contribution in [2.45, 2.75) is 58.2 Å². The summed E-state index contributed by atoms with van der Waals surface area (Å²) in [4.78, 5) is 29.1. The molecule has 1 N–H and O–H groups in total. The van der Waals surface area contributed by atoms with Crippen LogP contribution in [0.4, 0.5) is 5.69 Å². The molecule has 0 aromatic heterocycles. The molecule has 0 aliphatic heterocycles. The van der Waals surface area contributed by atoms with E-state index >= 15 is 0 Å². The number of amides is 2. The SMILES string of the molecule is CC[C@H](C)NC(=O)[C@H](Cc1ccccc1)N(Cc1ccc(Cl)cc1Cl)C(=O)CCCN(c1cccc(Cl)c1)S(C)(=O)=O. The molecule has 0 heterocycles. The van der Waals surface area contributed by atoms with Crippen LogP contribution in [0.25, 0.3) is 0 Å². The van der Waals surface area contributed by atoms with Crippen LogP contribution < -0.4 is 9.62 Å². The van der Waals surface area contributed by atoms with Crippen LogP contribution in [0.1, 0.15) is 44.2 Å². The summed E-state index contributed by atoms with van der Waals surface area (Å²) in [6.07, 6.45) is 2.34. The highest BCUT2D eigenvalue weighted by Crippen LogP contribution is 2.26. The highest BCUT2D eigenvalue weighted by atomic mass is 35.5. The van der Waals surface area contributed by atoms with E-state index < -0.39 is 16.1 Å². The van der Waals surface area contributed by atoms with Crippen molar-refractivity contribution in [1.29, 1.82) is 0 Å². The topological polar surface area (TPSA) is 86.8 Å². The molecule has 2 atom stereocenters. The zero-order valence-electron chi connectivity index (χ0n) is 23.9. The highest BCUT2D eigenvalue weighted by Gasteiger charge is 2.31. The van der Waals surface area contributed by atoms with Crippen LogP contribution in [-0.4, -0.2) is 50.0 Å². The van der Waals surface area contributed by atoms with Crippen LogP contribution in [0, 0.1) is 0 Å². The molecule has 0 spiro atoms. The summed E-state index contributed by atoms with van der Waals surface area (Å²) in [7, 11) is -3.64. The van der Waals surface area contributed by atoms with E-state index in [-0.39, 0.29) is 50.2 Å². The molecular formula is C31H36Cl3N3O4S. The zero-order valence-corrected chi connectivity index (χ0v) is 27.0. The largest absolute Gasteiger partial charge is 0.352 e. The predicted molar refractivity (Wildman–Crippen MR) is 172 cm³/mol. The lowest BCUT2D eigenvalue weighted by Gasteiger charge is -2.33. The second kappa shape index (κ2) is 15.6. The van der Waals surface area contributed by atoms with Crippen molar-refractivity contribution in [2.75, 3.05) is 17.1 Å². The second-order valence-corrected chi connectivity index (χ2v) is 13.4. The maximum Gasteiger partial charge on any atom is 0.243 e. The molecule has 3 aromatic rings. The van der Waals surface area contributed by atoms with Crippen LogP contribution >= 0.6 is 34.8 Å². The third kappa shape index (κ3) is 9.90. The van der Waals surface area contributed by atoms with Crippen LogP contribution in [0.3, 0.4) is 0 Å². The molecular weight excluding hydrogens is 617 g/mol. The lowest BCUT2D eigenvalue weighted by atomic mass is 10.0. The summed E-state index contributed by atoms with van der Waals surface area (Å²) >= 11 is 18.7. The van der Waals surface area contributed by atoms with Crippen molar-refractivity contribution in [1.82, 2.24) is 10.2 Å². The van der Waals surface area contributed by atoms with Crippen LogP contribution in [0.5, 0.6) is 0 Å². The van der Waals surface area contributed by atoms with E-state index in [2.05, 4.69) is 5.32 Å². The number of rotatable bonds is 14. The average Bonchev–Trinajstić information content (AvgIpc) is 2.93. The minimum atomic E-state index is -3.64. The Morgan fingerprint density at radius 3 is 2.24 bits per heavy atom. The van der Waals surface area contributed by atoms with Gasteiger partial charge < -0.3 is 10.2 Å². The fraction of sp³-hybridized carbons (Fsp3) is 0.355. The van der Waals surface area contributed by atoms with Gasteiger partial charge in [0.1, 0.15) is 6.04 Å². The van der Waals surface area contributed by atoms with Gasteiger partial charge in [0.2, 0.25) is 21.8 Å². The molecule has 3 rings (SSSR count). The first kappa shape index (κ1) is 33.7. The number of nitrogens with zero attached hydrogens (tertiary/aromatic N) is 2. The van der Waals surface area contributed by atoms with E-state index in [9.17, 15) is 18.0 Å². The third-order valence-corrected chi connectivity index (χ3v) is 8.89. The molecule has 0 bridgehead atoms. The molecule has 0 saturated carbocycles. The lowest BCUT2D eigenvalue weighted by molar-refractivity contribution is -0.141. The molecule has 7 nitrogen and oxygen atoms in total. The van der Waals surface area contributed by atoms with E-state index in [0.29, 0.717) is 26.3 Å². The normalized spacial score (nSPS) is 12.8. The van der Waals surface area contributed by atoms with Crippen LogP contribution in [0.15, 0.2) is 72.8 Å². The zero-order chi connectivity index (χ0) is 30.9. The molecule has 0 saturated heterocycles. The van der Waals surface area contributed by atoms with Gasteiger partial charge in [-0.1, -0.05) is 84.2 Å². The molecule has 0 radical (unpaired) electrons. The number of hydrogen-bond donors (Lipinski definition) is 1. The quantitative estimate of drug-likeness (QED) is 0.209. The van der Waals surface area contributed by atoms with Crippen molar-refractivity contribution >= 4 is 62.3 Å². The second-order valence-electron chi connectivity index (χ2n) is 10.2. The van der Waals surface area contributed by atoms with Gasteiger partial charge in [-0.05, 0) is 61.2 Å². The standard InChI is InChI=1S/C31H36Cl3N3O4S/c1-4-22(2)35-31(39)29(18-23-10-6-5-7-11-23)36(21-24-15-16-26(33)20-28(24)34)30(38)14-9-17-37(42(3,40)41)27-13-8-12-25(32)19-27/h5-8,10-13,15-16,19-20,22,29H,4,9,14,17-18,21H2,1-3H3,(H,35,39)/t22-,29-/m0/s1. The Bertz CT molecular complexity index is 1470. The van der Waals surface area contributed by atoms with Gasteiger partial charge in [0.05, 0.1) is 11.9 Å². The number of nitrogens with one attached hydrogen (secondary N) is 1. The lowest BCUT2D eigenvalue weighted by Crippen LogP contribution is -2.52. The van der Waals surface area contributed by atoms with Gasteiger partial charge in [-0.3, -0.25) is 13.9 Å². The molecule has 3 aromatic carbocycles. The number of hydrogen-bond acceptors (Lipinski definition) is 4. The van der Waals surface area contributed by atoms with Gasteiger partial charge in [0.25, 0.3) is 0 Å². The molecule has 0 unspecified atom stereocenters. The molecule has 11 heteroatoms. The fourth-order valence-corrected chi connectivity index (χ4v) is 6.07. The Morgan fingerprint density at radius 1 is 0.929 bits per heavy atom. The van der Waals surface area contributed by atoms with Crippen LogP contribution in [0.2, 0.25) is 15.1 Å². The Labute approximate surface area is 263 Å². The predicted octanol–water partition coefficient (Wildman–Crippen LogP) is 6.75. The maximum absolute atomic E-state index is 13.9. The fourth-order valence-electron chi connectivity index (χ4n) is 4.46. The van der Waals surface area contributed by atoms with Crippen molar-refractivity contribution in [2.24, 2.45) is 0 Å². The molecule has 226 valence electrons. The van der Waals surface area contributed by atoms with Crippen molar-refractivity contribution in [3.63, 3.8) is 0 Å². The molecule has 0 fully saturated rings. The first-order chi connectivity index (χ1) is 19.9. The summed E-state index contributed by atoms with van der Waals surface area (Å²) in [6.45, 7) is 4.02. The highest BCUT2D eigenvalue weighted by molar-refractivity contribution is 7.92. The van der Waals surface area contributed by atoms with Crippen molar-refractivity contribution < 1.29 is 18.0 Å². The number of sulfonamides is 1. The van der Waals surface area contributed by atoms with E-state index in [1.54, 1.807) is 42.5 Å². The van der Waals surface area contributed by atoms with Crippen molar-refractivity contribution in [3.8, 4) is 0 Å². The van der Waals surface area contributed by atoms with Gasteiger partial charge in [0.15, 0.2) is 0 Å². The molecule has 42 heavy (non-hydrogen) atoms. The number of carbonyl (C=O) groups is 2. The van der Waals surface area contributed by atoms with Gasteiger partial charge in [0, 0.05) is 47.0 Å². The van der Waals surface area contributed by atoms with E-state index in [1.807, 2.05) is 44.2 Å². The summed E-state index contributed by atoms with van der Waals surface area (Å²) in [5.41, 5.74) is 1.95. The Morgan fingerprint density at radius 2 is 1.62 bits per heavy atom. The average molecular weight is 653 g/mol. The Balaban J connectivity index is 1.92. The van der Waals surface area contributed by atoms with E-state index in [4.69, 9.17) is 34.8 Å². The Kier molecular flexibility index (Phi) is 12.5.